The zero-order chi connectivity index (χ0) is 21.5. The van der Waals surface area contributed by atoms with Crippen molar-refractivity contribution >= 4 is 21.8 Å². The van der Waals surface area contributed by atoms with E-state index in [1.807, 2.05) is 0 Å². The third-order valence-electron chi connectivity index (χ3n) is 7.49. The Kier molecular flexibility index (Phi) is 3.63. The van der Waals surface area contributed by atoms with Crippen LogP contribution < -0.4 is 0 Å². The van der Waals surface area contributed by atoms with Crippen LogP contribution in [0.25, 0.3) is 44.1 Å². The van der Waals surface area contributed by atoms with E-state index in [0.717, 1.165) is 0 Å². The lowest BCUT2D eigenvalue weighted by Crippen LogP contribution is -2.14. The van der Waals surface area contributed by atoms with Gasteiger partial charge in [-0.3, -0.25) is 0 Å². The fourth-order valence-electron chi connectivity index (χ4n) is 5.71. The lowest BCUT2D eigenvalue weighted by atomic mass is 9.82. The lowest BCUT2D eigenvalue weighted by Gasteiger charge is -2.21. The molecule has 0 saturated heterocycles. The molecule has 5 aromatic rings. The van der Waals surface area contributed by atoms with Crippen molar-refractivity contribution in [2.75, 3.05) is 0 Å². The number of benzene rings is 4. The van der Waals surface area contributed by atoms with E-state index in [9.17, 15) is 0 Å². The molecule has 1 aliphatic carbocycles. The van der Waals surface area contributed by atoms with Gasteiger partial charge in [0.15, 0.2) is 0 Å². The van der Waals surface area contributed by atoms with E-state index in [1.54, 1.807) is 0 Å². The second kappa shape index (κ2) is 6.11. The van der Waals surface area contributed by atoms with Crippen molar-refractivity contribution < 1.29 is 0 Å². The first-order valence-electron chi connectivity index (χ1n) is 11.1. The molecule has 0 fully saturated rings. The third kappa shape index (κ3) is 2.38. The summed E-state index contributed by atoms with van der Waals surface area (Å²) in [6.45, 7) is 9.15. The zero-order valence-corrected chi connectivity index (χ0v) is 18.9. The predicted molar refractivity (Wildman–Crippen MR) is 133 cm³/mol. The van der Waals surface area contributed by atoms with Crippen LogP contribution in [0, 0.1) is 13.8 Å². The Morgan fingerprint density at radius 2 is 1.23 bits per heavy atom. The van der Waals surface area contributed by atoms with Crippen LogP contribution in [-0.4, -0.2) is 4.57 Å². The number of hydrogen-bond acceptors (Lipinski definition) is 0. The van der Waals surface area contributed by atoms with Gasteiger partial charge >= 0.3 is 0 Å². The minimum atomic E-state index is 0.0266. The molecule has 1 aliphatic rings. The summed E-state index contributed by atoms with van der Waals surface area (Å²) >= 11 is 0. The van der Waals surface area contributed by atoms with Gasteiger partial charge in [-0.1, -0.05) is 62.4 Å². The van der Waals surface area contributed by atoms with Crippen LogP contribution in [0.2, 0.25) is 0 Å². The summed E-state index contributed by atoms with van der Waals surface area (Å²) in [5.41, 5.74) is 13.6. The van der Waals surface area contributed by atoms with Crippen LogP contribution in [0.15, 0.2) is 72.8 Å². The smallest absolute Gasteiger partial charge is 0.0495 e. The molecule has 0 radical (unpaired) electrons. The van der Waals surface area contributed by atoms with Crippen molar-refractivity contribution in [3.63, 3.8) is 0 Å². The average molecular weight is 402 g/mol. The summed E-state index contributed by atoms with van der Waals surface area (Å²) in [5, 5.41) is 2.69. The molecule has 0 N–H and O–H groups in total. The van der Waals surface area contributed by atoms with Gasteiger partial charge in [0.2, 0.25) is 0 Å². The summed E-state index contributed by atoms with van der Waals surface area (Å²) in [4.78, 5) is 0. The number of fused-ring (bicyclic) bond motifs is 6. The molecule has 1 aromatic heterocycles. The molecular formula is C30H27N. The van der Waals surface area contributed by atoms with Gasteiger partial charge in [0.1, 0.15) is 0 Å². The molecule has 0 unspecified atom stereocenters. The van der Waals surface area contributed by atoms with Gasteiger partial charge in [-0.2, -0.15) is 0 Å². The van der Waals surface area contributed by atoms with Gasteiger partial charge in [0.05, 0.1) is 0 Å². The Morgan fingerprint density at radius 1 is 0.581 bits per heavy atom. The highest BCUT2D eigenvalue weighted by Crippen LogP contribution is 2.50. The van der Waals surface area contributed by atoms with Crippen molar-refractivity contribution in [3.8, 4) is 22.3 Å². The summed E-state index contributed by atoms with van der Waals surface area (Å²) in [6, 6.07) is 27.2. The quantitative estimate of drug-likeness (QED) is 0.269. The second-order valence-corrected chi connectivity index (χ2v) is 9.64. The highest BCUT2D eigenvalue weighted by molar-refractivity contribution is 6.11. The van der Waals surface area contributed by atoms with Crippen molar-refractivity contribution in [3.05, 3.63) is 95.1 Å². The van der Waals surface area contributed by atoms with Crippen LogP contribution in [0.1, 0.15) is 36.1 Å². The molecule has 0 spiro atoms. The fourth-order valence-corrected chi connectivity index (χ4v) is 5.71. The highest BCUT2D eigenvalue weighted by Gasteiger charge is 2.35. The van der Waals surface area contributed by atoms with Crippen molar-refractivity contribution in [2.24, 2.45) is 7.05 Å². The van der Waals surface area contributed by atoms with E-state index >= 15 is 0 Å². The lowest BCUT2D eigenvalue weighted by molar-refractivity contribution is 0.661. The van der Waals surface area contributed by atoms with Gasteiger partial charge in [-0.25, -0.2) is 0 Å². The minimum absolute atomic E-state index is 0.0266. The Morgan fingerprint density at radius 3 is 2.00 bits per heavy atom. The topological polar surface area (TPSA) is 4.93 Å². The maximum atomic E-state index is 2.44. The normalized spacial score (nSPS) is 14.2. The van der Waals surface area contributed by atoms with Gasteiger partial charge < -0.3 is 4.57 Å². The van der Waals surface area contributed by atoms with Gasteiger partial charge in [-0.05, 0) is 82.6 Å². The monoisotopic (exact) mass is 401 g/mol. The molecule has 31 heavy (non-hydrogen) atoms. The summed E-state index contributed by atoms with van der Waals surface area (Å²) in [6.07, 6.45) is 0. The molecular weight excluding hydrogens is 374 g/mol. The van der Waals surface area contributed by atoms with Gasteiger partial charge in [0.25, 0.3) is 0 Å². The van der Waals surface area contributed by atoms with E-state index in [0.29, 0.717) is 0 Å². The first-order chi connectivity index (χ1) is 14.9. The number of rotatable bonds is 1. The van der Waals surface area contributed by atoms with E-state index in [-0.39, 0.29) is 5.41 Å². The van der Waals surface area contributed by atoms with E-state index in [2.05, 4.69) is 112 Å². The number of aryl methyl sites for hydroxylation is 3. The van der Waals surface area contributed by atoms with Crippen LogP contribution in [0.4, 0.5) is 0 Å². The molecule has 0 amide bonds. The van der Waals surface area contributed by atoms with E-state index in [1.165, 1.54) is 66.3 Å². The SMILES string of the molecule is Cc1ccccc1-c1cc2c(cc1C)c1cc3c(cc1n2C)C(C)(C)c1ccccc1-3. The standard InChI is InChI=1S/C30H27N/c1-18-10-6-7-11-20(18)22-16-28-24(14-19(22)2)25-15-23-21-12-8-9-13-26(21)30(3,4)27(23)17-29(25)31(28)5/h6-17H,1-5H3. The molecule has 1 heteroatoms. The minimum Gasteiger partial charge on any atom is -0.344 e. The largest absolute Gasteiger partial charge is 0.344 e. The van der Waals surface area contributed by atoms with Gasteiger partial charge in [0, 0.05) is 34.3 Å². The van der Waals surface area contributed by atoms with Crippen molar-refractivity contribution in [1.29, 1.82) is 0 Å². The van der Waals surface area contributed by atoms with E-state index < -0.39 is 0 Å². The summed E-state index contributed by atoms with van der Waals surface area (Å²) < 4.78 is 2.38. The molecule has 0 atom stereocenters. The Hall–Kier alpha value is -3.32. The van der Waals surface area contributed by atoms with Crippen molar-refractivity contribution in [2.45, 2.75) is 33.1 Å². The maximum absolute atomic E-state index is 2.44. The molecule has 4 aromatic carbocycles. The number of aromatic nitrogens is 1. The Labute approximate surface area is 184 Å². The summed E-state index contributed by atoms with van der Waals surface area (Å²) in [5.74, 6) is 0. The Balaban J connectivity index is 1.69. The second-order valence-electron chi connectivity index (χ2n) is 9.64. The first kappa shape index (κ1) is 18.4. The maximum Gasteiger partial charge on any atom is 0.0495 e. The number of hydrogen-bond donors (Lipinski definition) is 0. The average Bonchev–Trinajstić information content (AvgIpc) is 3.16. The zero-order valence-electron chi connectivity index (χ0n) is 18.9. The molecule has 0 bridgehead atoms. The van der Waals surface area contributed by atoms with E-state index in [4.69, 9.17) is 0 Å². The highest BCUT2D eigenvalue weighted by atomic mass is 14.9. The predicted octanol–water partition coefficient (Wildman–Crippen LogP) is 7.92. The molecule has 6 rings (SSSR count). The van der Waals surface area contributed by atoms with Gasteiger partial charge in [-0.15, -0.1) is 0 Å². The van der Waals surface area contributed by atoms with Crippen LogP contribution in [-0.2, 0) is 12.5 Å². The molecule has 152 valence electrons. The summed E-state index contributed by atoms with van der Waals surface area (Å²) in [7, 11) is 2.21. The molecule has 1 nitrogen and oxygen atoms in total. The first-order valence-corrected chi connectivity index (χ1v) is 11.1. The van der Waals surface area contributed by atoms with Crippen molar-refractivity contribution in [1.82, 2.24) is 4.57 Å². The Bertz CT molecular complexity index is 1530. The molecule has 0 aliphatic heterocycles. The van der Waals surface area contributed by atoms with Crippen LogP contribution >= 0.6 is 0 Å². The molecule has 0 saturated carbocycles. The molecule has 1 heterocycles. The van der Waals surface area contributed by atoms with Crippen LogP contribution in [0.5, 0.6) is 0 Å². The third-order valence-corrected chi connectivity index (χ3v) is 7.49. The number of nitrogens with zero attached hydrogens (tertiary/aromatic N) is 1. The van der Waals surface area contributed by atoms with Crippen LogP contribution in [0.3, 0.4) is 0 Å². The fraction of sp³-hybridized carbons (Fsp3) is 0.200.